The van der Waals surface area contributed by atoms with Gasteiger partial charge in [-0.2, -0.15) is 0 Å². The van der Waals surface area contributed by atoms with E-state index in [0.29, 0.717) is 30.5 Å². The molecule has 0 saturated carbocycles. The smallest absolute Gasteiger partial charge is 0.162 e. The highest BCUT2D eigenvalue weighted by atomic mass is 35.5. The Morgan fingerprint density at radius 1 is 0.960 bits per heavy atom. The number of hydrogen-bond acceptors (Lipinski definition) is 3. The van der Waals surface area contributed by atoms with Crippen LogP contribution in [0, 0.1) is 0 Å². The van der Waals surface area contributed by atoms with Gasteiger partial charge in [0.15, 0.2) is 11.5 Å². The summed E-state index contributed by atoms with van der Waals surface area (Å²) in [5, 5.41) is 4.87. The van der Waals surface area contributed by atoms with Crippen LogP contribution in [0.1, 0.15) is 31.4 Å². The van der Waals surface area contributed by atoms with Gasteiger partial charge >= 0.3 is 0 Å². The molecule has 0 saturated heterocycles. The van der Waals surface area contributed by atoms with Crippen LogP contribution < -0.4 is 14.8 Å². The summed E-state index contributed by atoms with van der Waals surface area (Å²) in [7, 11) is 0. The van der Waals surface area contributed by atoms with Crippen LogP contribution in [0.3, 0.4) is 0 Å². The second-order valence-corrected chi connectivity index (χ2v) is 6.57. The summed E-state index contributed by atoms with van der Waals surface area (Å²) < 4.78 is 11.4. The Labute approximate surface area is 160 Å². The van der Waals surface area contributed by atoms with Gasteiger partial charge in [-0.05, 0) is 55.6 Å². The minimum atomic E-state index is 0.591. The van der Waals surface area contributed by atoms with Crippen molar-refractivity contribution in [2.24, 2.45) is 0 Å². The lowest BCUT2D eigenvalue weighted by Crippen LogP contribution is -2.17. The third-order valence-corrected chi connectivity index (χ3v) is 4.30. The van der Waals surface area contributed by atoms with Crippen LogP contribution in [0.2, 0.25) is 10.0 Å². The van der Waals surface area contributed by atoms with E-state index >= 15 is 0 Å². The van der Waals surface area contributed by atoms with E-state index in [1.54, 1.807) is 0 Å². The van der Waals surface area contributed by atoms with Crippen LogP contribution in [-0.2, 0) is 13.0 Å². The zero-order chi connectivity index (χ0) is 18.1. The van der Waals surface area contributed by atoms with Crippen molar-refractivity contribution in [3.63, 3.8) is 0 Å². The molecule has 1 N–H and O–H groups in total. The molecule has 5 heteroatoms. The normalized spacial score (nSPS) is 10.7. The largest absolute Gasteiger partial charge is 0.490 e. The van der Waals surface area contributed by atoms with Crippen LogP contribution in [0.15, 0.2) is 36.4 Å². The van der Waals surface area contributed by atoms with Crippen molar-refractivity contribution in [3.8, 4) is 11.5 Å². The van der Waals surface area contributed by atoms with Crippen molar-refractivity contribution in [3.05, 3.63) is 57.6 Å². The highest BCUT2D eigenvalue weighted by molar-refractivity contribution is 6.31. The predicted molar refractivity (Wildman–Crippen MR) is 105 cm³/mol. The molecule has 3 nitrogen and oxygen atoms in total. The molecule has 0 aliphatic carbocycles. The number of rotatable bonds is 10. The van der Waals surface area contributed by atoms with Crippen molar-refractivity contribution in [2.75, 3.05) is 19.8 Å². The summed E-state index contributed by atoms with van der Waals surface area (Å²) in [6.07, 6.45) is 1.88. The highest BCUT2D eigenvalue weighted by Crippen LogP contribution is 2.33. The fourth-order valence-electron chi connectivity index (χ4n) is 2.41. The van der Waals surface area contributed by atoms with Crippen LogP contribution in [-0.4, -0.2) is 19.8 Å². The SMILES string of the molecule is CCCOc1cc(Cl)c(CNCCc2ccc(Cl)cc2)cc1OCC. The molecule has 25 heavy (non-hydrogen) atoms. The van der Waals surface area contributed by atoms with E-state index in [9.17, 15) is 0 Å². The molecular weight excluding hydrogens is 357 g/mol. The van der Waals surface area contributed by atoms with Crippen LogP contribution in [0.25, 0.3) is 0 Å². The Kier molecular flexibility index (Phi) is 8.39. The van der Waals surface area contributed by atoms with Gasteiger partial charge in [-0.1, -0.05) is 42.3 Å². The van der Waals surface area contributed by atoms with Gasteiger partial charge in [0.25, 0.3) is 0 Å². The van der Waals surface area contributed by atoms with Crippen LogP contribution >= 0.6 is 23.2 Å². The molecule has 0 unspecified atom stereocenters. The molecule has 0 aliphatic rings. The number of nitrogens with one attached hydrogen (secondary N) is 1. The second-order valence-electron chi connectivity index (χ2n) is 5.73. The van der Waals surface area contributed by atoms with Gasteiger partial charge in [0, 0.05) is 22.7 Å². The average Bonchev–Trinajstić information content (AvgIpc) is 2.61. The van der Waals surface area contributed by atoms with Crippen LogP contribution in [0.4, 0.5) is 0 Å². The zero-order valence-electron chi connectivity index (χ0n) is 14.8. The topological polar surface area (TPSA) is 30.5 Å². The summed E-state index contributed by atoms with van der Waals surface area (Å²) in [6, 6.07) is 11.7. The second kappa shape index (κ2) is 10.5. The molecule has 2 aromatic carbocycles. The van der Waals surface area contributed by atoms with Gasteiger partial charge in [0.05, 0.1) is 13.2 Å². The van der Waals surface area contributed by atoms with Crippen molar-refractivity contribution in [1.82, 2.24) is 5.32 Å². The molecule has 0 aromatic heterocycles. The maximum atomic E-state index is 6.40. The van der Waals surface area contributed by atoms with E-state index in [1.807, 2.05) is 43.3 Å². The van der Waals surface area contributed by atoms with Crippen molar-refractivity contribution in [2.45, 2.75) is 33.2 Å². The molecule has 136 valence electrons. The minimum absolute atomic E-state index is 0.591. The lowest BCUT2D eigenvalue weighted by molar-refractivity contribution is 0.276. The van der Waals surface area contributed by atoms with Crippen LogP contribution in [0.5, 0.6) is 11.5 Å². The molecular formula is C20H25Cl2NO2. The van der Waals surface area contributed by atoms with E-state index in [2.05, 4.69) is 12.2 Å². The fraction of sp³-hybridized carbons (Fsp3) is 0.400. The average molecular weight is 382 g/mol. The third kappa shape index (κ3) is 6.43. The highest BCUT2D eigenvalue weighted by Gasteiger charge is 2.11. The fourth-order valence-corrected chi connectivity index (χ4v) is 2.76. The Balaban J connectivity index is 1.93. The number of hydrogen-bond donors (Lipinski definition) is 1. The van der Waals surface area contributed by atoms with E-state index in [4.69, 9.17) is 32.7 Å². The first-order chi connectivity index (χ1) is 12.1. The Bertz CT molecular complexity index is 659. The van der Waals surface area contributed by atoms with E-state index < -0.39 is 0 Å². The number of halogens is 2. The summed E-state index contributed by atoms with van der Waals surface area (Å²) in [5.41, 5.74) is 2.26. The summed E-state index contributed by atoms with van der Waals surface area (Å²) in [6.45, 7) is 6.81. The molecule has 0 spiro atoms. The van der Waals surface area contributed by atoms with E-state index in [0.717, 1.165) is 35.7 Å². The van der Waals surface area contributed by atoms with Crippen molar-refractivity contribution < 1.29 is 9.47 Å². The number of ether oxygens (including phenoxy) is 2. The Hall–Kier alpha value is -1.42. The van der Waals surface area contributed by atoms with E-state index in [1.165, 1.54) is 5.56 Å². The Morgan fingerprint density at radius 2 is 1.68 bits per heavy atom. The summed E-state index contributed by atoms with van der Waals surface area (Å²) in [4.78, 5) is 0. The molecule has 2 aromatic rings. The molecule has 0 aliphatic heterocycles. The molecule has 2 rings (SSSR count). The molecule has 0 atom stereocenters. The van der Waals surface area contributed by atoms with Gasteiger partial charge in [0.2, 0.25) is 0 Å². The van der Waals surface area contributed by atoms with E-state index in [-0.39, 0.29) is 0 Å². The third-order valence-electron chi connectivity index (χ3n) is 3.69. The maximum Gasteiger partial charge on any atom is 0.162 e. The predicted octanol–water partition coefficient (Wildman–Crippen LogP) is 5.51. The minimum Gasteiger partial charge on any atom is -0.490 e. The first-order valence-electron chi connectivity index (χ1n) is 8.67. The van der Waals surface area contributed by atoms with Gasteiger partial charge in [-0.3, -0.25) is 0 Å². The molecule has 0 bridgehead atoms. The molecule has 0 fully saturated rings. The molecule has 0 radical (unpaired) electrons. The van der Waals surface area contributed by atoms with Crippen molar-refractivity contribution in [1.29, 1.82) is 0 Å². The van der Waals surface area contributed by atoms with Gasteiger partial charge < -0.3 is 14.8 Å². The van der Waals surface area contributed by atoms with Gasteiger partial charge in [0.1, 0.15) is 0 Å². The lowest BCUT2D eigenvalue weighted by Gasteiger charge is -2.15. The quantitative estimate of drug-likeness (QED) is 0.550. The summed E-state index contributed by atoms with van der Waals surface area (Å²) >= 11 is 12.3. The van der Waals surface area contributed by atoms with Crippen molar-refractivity contribution >= 4 is 23.2 Å². The zero-order valence-corrected chi connectivity index (χ0v) is 16.3. The number of benzene rings is 2. The Morgan fingerprint density at radius 3 is 2.36 bits per heavy atom. The maximum absolute atomic E-state index is 6.40. The van der Waals surface area contributed by atoms with Gasteiger partial charge in [-0.25, -0.2) is 0 Å². The first-order valence-corrected chi connectivity index (χ1v) is 9.42. The molecule has 0 heterocycles. The molecule has 0 amide bonds. The monoisotopic (exact) mass is 381 g/mol. The first kappa shape index (κ1) is 19.9. The van der Waals surface area contributed by atoms with Gasteiger partial charge in [-0.15, -0.1) is 0 Å². The summed E-state index contributed by atoms with van der Waals surface area (Å²) in [5.74, 6) is 1.45. The lowest BCUT2D eigenvalue weighted by atomic mass is 10.1. The standard InChI is InChI=1S/C20H25Cl2NO2/c1-3-11-25-20-13-18(22)16(12-19(20)24-4-2)14-23-10-9-15-5-7-17(21)8-6-15/h5-8,12-13,23H,3-4,9-11,14H2,1-2H3.